The molecule has 31 heavy (non-hydrogen) atoms. The number of hydrogen-bond donors (Lipinski definition) is 2. The maximum Gasteiger partial charge on any atom is 0.309 e. The summed E-state index contributed by atoms with van der Waals surface area (Å²) in [5, 5.41) is 12.7. The molecule has 0 bridgehead atoms. The number of likely N-dealkylation sites (tertiary alicyclic amines) is 1. The summed E-state index contributed by atoms with van der Waals surface area (Å²) in [6.45, 7) is 9.79. The Morgan fingerprint density at radius 1 is 1.10 bits per heavy atom. The van der Waals surface area contributed by atoms with E-state index in [1.807, 2.05) is 6.92 Å². The van der Waals surface area contributed by atoms with Gasteiger partial charge in [-0.15, -0.1) is 0 Å². The molecule has 1 aromatic carbocycles. The second kappa shape index (κ2) is 11.9. The molecule has 7 heteroatoms. The fourth-order valence-electron chi connectivity index (χ4n) is 4.37. The average molecular weight is 431 g/mol. The first-order valence-electron chi connectivity index (χ1n) is 11.8. The summed E-state index contributed by atoms with van der Waals surface area (Å²) in [6.07, 6.45) is 3.73. The number of aliphatic hydroxyl groups is 1. The second-order valence-corrected chi connectivity index (χ2v) is 8.46. The van der Waals surface area contributed by atoms with E-state index in [0.29, 0.717) is 25.7 Å². The second-order valence-electron chi connectivity index (χ2n) is 8.46. The molecule has 7 nitrogen and oxygen atoms in total. The number of nitrogens with zero attached hydrogens (tertiary/aromatic N) is 3. The molecule has 0 atom stereocenters. The summed E-state index contributed by atoms with van der Waals surface area (Å²) in [6, 6.07) is 8.69. The first-order valence-corrected chi connectivity index (χ1v) is 11.8. The maximum atomic E-state index is 12.0. The highest BCUT2D eigenvalue weighted by Gasteiger charge is 2.27. The number of benzene rings is 1. The molecule has 3 rings (SSSR count). The first-order chi connectivity index (χ1) is 15.1. The highest BCUT2D eigenvalue weighted by Crippen LogP contribution is 2.24. The number of piperidine rings is 2. The van der Waals surface area contributed by atoms with Gasteiger partial charge < -0.3 is 25.0 Å². The van der Waals surface area contributed by atoms with Crippen molar-refractivity contribution in [2.24, 2.45) is 16.8 Å². The van der Waals surface area contributed by atoms with Crippen molar-refractivity contribution in [3.05, 3.63) is 29.8 Å². The van der Waals surface area contributed by atoms with Gasteiger partial charge >= 0.3 is 5.97 Å². The number of rotatable bonds is 7. The third kappa shape index (κ3) is 6.60. The molecule has 0 aromatic heterocycles. The Labute approximate surface area is 186 Å². The first kappa shape index (κ1) is 23.4. The van der Waals surface area contributed by atoms with Gasteiger partial charge in [-0.1, -0.05) is 12.1 Å². The monoisotopic (exact) mass is 430 g/mol. The number of ether oxygens (including phenoxy) is 1. The molecule has 0 aliphatic carbocycles. The number of hydrogen-bond acceptors (Lipinski definition) is 5. The van der Waals surface area contributed by atoms with E-state index in [0.717, 1.165) is 64.4 Å². The van der Waals surface area contributed by atoms with Gasteiger partial charge in [0, 0.05) is 45.0 Å². The predicted octanol–water partition coefficient (Wildman–Crippen LogP) is 2.64. The molecule has 0 unspecified atom stereocenters. The molecule has 2 aliphatic heterocycles. The zero-order chi connectivity index (χ0) is 22.1. The largest absolute Gasteiger partial charge is 0.466 e. The van der Waals surface area contributed by atoms with Crippen LogP contribution in [0.3, 0.4) is 0 Å². The minimum absolute atomic E-state index is 0.00839. The van der Waals surface area contributed by atoms with Crippen LogP contribution in [-0.4, -0.2) is 67.9 Å². The summed E-state index contributed by atoms with van der Waals surface area (Å²) < 4.78 is 5.18. The Morgan fingerprint density at radius 3 is 2.35 bits per heavy atom. The molecule has 2 fully saturated rings. The van der Waals surface area contributed by atoms with E-state index >= 15 is 0 Å². The van der Waals surface area contributed by atoms with Crippen LogP contribution >= 0.6 is 0 Å². The van der Waals surface area contributed by atoms with E-state index in [1.165, 1.54) is 11.3 Å². The summed E-state index contributed by atoms with van der Waals surface area (Å²) in [4.78, 5) is 21.5. The normalized spacial score (nSPS) is 18.9. The van der Waals surface area contributed by atoms with Gasteiger partial charge in [-0.3, -0.25) is 4.79 Å². The average Bonchev–Trinajstić information content (AvgIpc) is 2.82. The summed E-state index contributed by atoms with van der Waals surface area (Å²) >= 11 is 0. The number of nitrogens with one attached hydrogen (secondary N) is 1. The van der Waals surface area contributed by atoms with Crippen LogP contribution in [0.5, 0.6) is 0 Å². The van der Waals surface area contributed by atoms with E-state index in [2.05, 4.69) is 46.3 Å². The maximum absolute atomic E-state index is 12.0. The smallest absolute Gasteiger partial charge is 0.309 e. The summed E-state index contributed by atoms with van der Waals surface area (Å²) in [5.74, 6) is 1.32. The number of guanidine groups is 1. The molecule has 0 radical (unpaired) electrons. The number of anilines is 1. The van der Waals surface area contributed by atoms with E-state index < -0.39 is 0 Å². The minimum Gasteiger partial charge on any atom is -0.466 e. The molecular weight excluding hydrogens is 392 g/mol. The van der Waals surface area contributed by atoms with Crippen LogP contribution in [0.4, 0.5) is 5.69 Å². The van der Waals surface area contributed by atoms with Crippen LogP contribution in [-0.2, 0) is 16.1 Å². The van der Waals surface area contributed by atoms with Gasteiger partial charge in [-0.05, 0) is 63.1 Å². The van der Waals surface area contributed by atoms with Crippen LogP contribution in [0.1, 0.15) is 45.1 Å². The predicted molar refractivity (Wildman–Crippen MR) is 124 cm³/mol. The Morgan fingerprint density at radius 2 is 1.77 bits per heavy atom. The van der Waals surface area contributed by atoms with Gasteiger partial charge in [0.05, 0.1) is 19.1 Å². The van der Waals surface area contributed by atoms with Crippen molar-refractivity contribution in [2.45, 2.75) is 46.1 Å². The Bertz CT molecular complexity index is 706. The van der Waals surface area contributed by atoms with Crippen molar-refractivity contribution < 1.29 is 14.6 Å². The fraction of sp³-hybridized carbons (Fsp3) is 0.667. The van der Waals surface area contributed by atoms with Crippen molar-refractivity contribution >= 4 is 17.6 Å². The molecule has 1 aromatic rings. The van der Waals surface area contributed by atoms with Crippen LogP contribution in [0.15, 0.2) is 29.3 Å². The SMILES string of the molecule is CCNC(=NCc1ccc(N2CCC(CO)CC2)cc1)N1CCC(C(=O)OCC)CC1. The van der Waals surface area contributed by atoms with E-state index in [9.17, 15) is 9.90 Å². The number of esters is 1. The number of aliphatic hydroxyl groups excluding tert-OH is 1. The van der Waals surface area contributed by atoms with E-state index in [1.54, 1.807) is 0 Å². The number of carbonyl (C=O) groups is 1. The number of aliphatic imine (C=N–C) groups is 1. The lowest BCUT2D eigenvalue weighted by Crippen LogP contribution is -2.46. The molecule has 172 valence electrons. The lowest BCUT2D eigenvalue weighted by atomic mass is 9.97. The molecule has 2 aliphatic rings. The van der Waals surface area contributed by atoms with E-state index in [4.69, 9.17) is 9.73 Å². The van der Waals surface area contributed by atoms with Gasteiger partial charge in [-0.2, -0.15) is 0 Å². The molecule has 0 saturated carbocycles. The molecule has 2 saturated heterocycles. The fourth-order valence-corrected chi connectivity index (χ4v) is 4.37. The van der Waals surface area contributed by atoms with Gasteiger partial charge in [0.15, 0.2) is 5.96 Å². The van der Waals surface area contributed by atoms with Gasteiger partial charge in [0.25, 0.3) is 0 Å². The molecule has 2 heterocycles. The lowest BCUT2D eigenvalue weighted by Gasteiger charge is -2.33. The van der Waals surface area contributed by atoms with Crippen LogP contribution in [0, 0.1) is 11.8 Å². The Kier molecular flexibility index (Phi) is 9.00. The van der Waals surface area contributed by atoms with Crippen molar-refractivity contribution in [3.63, 3.8) is 0 Å². The zero-order valence-corrected chi connectivity index (χ0v) is 19.1. The molecular formula is C24H38N4O3. The highest BCUT2D eigenvalue weighted by atomic mass is 16.5. The van der Waals surface area contributed by atoms with Gasteiger partial charge in [0.1, 0.15) is 0 Å². The number of carbonyl (C=O) groups excluding carboxylic acids is 1. The summed E-state index contributed by atoms with van der Waals surface area (Å²) in [7, 11) is 0. The van der Waals surface area contributed by atoms with Gasteiger partial charge in [-0.25, -0.2) is 4.99 Å². The molecule has 2 N–H and O–H groups in total. The lowest BCUT2D eigenvalue weighted by molar-refractivity contribution is -0.149. The van der Waals surface area contributed by atoms with Crippen LogP contribution in [0.25, 0.3) is 0 Å². The Balaban J connectivity index is 1.54. The summed E-state index contributed by atoms with van der Waals surface area (Å²) in [5.41, 5.74) is 2.43. The molecule has 0 amide bonds. The third-order valence-corrected chi connectivity index (χ3v) is 6.33. The molecule has 0 spiro atoms. The Hall–Kier alpha value is -2.28. The van der Waals surface area contributed by atoms with E-state index in [-0.39, 0.29) is 11.9 Å². The highest BCUT2D eigenvalue weighted by molar-refractivity contribution is 5.80. The van der Waals surface area contributed by atoms with Crippen LogP contribution in [0.2, 0.25) is 0 Å². The van der Waals surface area contributed by atoms with Crippen molar-refractivity contribution in [3.8, 4) is 0 Å². The topological polar surface area (TPSA) is 77.4 Å². The van der Waals surface area contributed by atoms with Gasteiger partial charge in [0.2, 0.25) is 0 Å². The standard InChI is InChI=1S/C24H38N4O3/c1-3-25-24(28-15-11-21(12-16-28)23(30)31-4-2)26-17-19-5-7-22(8-6-19)27-13-9-20(18-29)10-14-27/h5-8,20-21,29H,3-4,9-18H2,1-2H3,(H,25,26). The third-order valence-electron chi connectivity index (χ3n) is 6.33. The minimum atomic E-state index is -0.0650. The van der Waals surface area contributed by atoms with Crippen molar-refractivity contribution in [2.75, 3.05) is 50.8 Å². The zero-order valence-electron chi connectivity index (χ0n) is 19.1. The van der Waals surface area contributed by atoms with Crippen LogP contribution < -0.4 is 10.2 Å². The van der Waals surface area contributed by atoms with Crippen molar-refractivity contribution in [1.29, 1.82) is 0 Å². The van der Waals surface area contributed by atoms with Crippen molar-refractivity contribution in [1.82, 2.24) is 10.2 Å². The quantitative estimate of drug-likeness (QED) is 0.393.